The van der Waals surface area contributed by atoms with Crippen LogP contribution in [-0.4, -0.2) is 6.10 Å². The van der Waals surface area contributed by atoms with Crippen molar-refractivity contribution in [3.05, 3.63) is 29.8 Å². The van der Waals surface area contributed by atoms with E-state index in [1.807, 2.05) is 45.0 Å². The lowest BCUT2D eigenvalue weighted by Gasteiger charge is -2.12. The van der Waals surface area contributed by atoms with Gasteiger partial charge in [0.2, 0.25) is 0 Å². The molecule has 0 fully saturated rings. The first-order valence-corrected chi connectivity index (χ1v) is 4.75. The summed E-state index contributed by atoms with van der Waals surface area (Å²) in [7, 11) is 0. The van der Waals surface area contributed by atoms with Crippen LogP contribution in [0.4, 0.5) is 0 Å². The molecule has 14 heavy (non-hydrogen) atoms. The second-order valence-electron chi connectivity index (χ2n) is 3.51. The van der Waals surface area contributed by atoms with Crippen LogP contribution in [0.5, 0.6) is 5.75 Å². The Balaban J connectivity index is 2.68. The van der Waals surface area contributed by atoms with Gasteiger partial charge in [-0.25, -0.2) is 5.90 Å². The molecule has 0 aliphatic heterocycles. The molecule has 0 aliphatic rings. The Kier molecular flexibility index (Phi) is 3.92. The van der Waals surface area contributed by atoms with Gasteiger partial charge in [-0.1, -0.05) is 12.1 Å². The normalized spacial score (nSPS) is 12.9. The van der Waals surface area contributed by atoms with Gasteiger partial charge >= 0.3 is 0 Å². The van der Waals surface area contributed by atoms with Gasteiger partial charge in [-0.05, 0) is 38.5 Å². The van der Waals surface area contributed by atoms with E-state index in [-0.39, 0.29) is 12.2 Å². The Morgan fingerprint density at radius 2 is 1.64 bits per heavy atom. The molecule has 0 amide bonds. The van der Waals surface area contributed by atoms with Gasteiger partial charge in [0.25, 0.3) is 0 Å². The average Bonchev–Trinajstić information content (AvgIpc) is 2.17. The SMILES string of the molecule is CC(C)Oc1ccc(C(C)ON)cc1. The molecular weight excluding hydrogens is 178 g/mol. The molecule has 0 aromatic heterocycles. The van der Waals surface area contributed by atoms with Crippen LogP contribution in [0.25, 0.3) is 0 Å². The molecule has 0 saturated heterocycles. The Hall–Kier alpha value is -1.06. The number of hydrogen-bond donors (Lipinski definition) is 1. The maximum atomic E-state index is 5.51. The molecule has 0 heterocycles. The molecule has 3 nitrogen and oxygen atoms in total. The molecule has 0 bridgehead atoms. The van der Waals surface area contributed by atoms with E-state index in [4.69, 9.17) is 15.5 Å². The van der Waals surface area contributed by atoms with Gasteiger partial charge in [-0.15, -0.1) is 0 Å². The van der Waals surface area contributed by atoms with Gasteiger partial charge in [-0.2, -0.15) is 0 Å². The smallest absolute Gasteiger partial charge is 0.119 e. The lowest BCUT2D eigenvalue weighted by atomic mass is 10.1. The summed E-state index contributed by atoms with van der Waals surface area (Å²) in [6.45, 7) is 5.90. The number of nitrogens with two attached hydrogens (primary N) is 1. The summed E-state index contributed by atoms with van der Waals surface area (Å²) in [5.41, 5.74) is 1.05. The van der Waals surface area contributed by atoms with Gasteiger partial charge in [0, 0.05) is 0 Å². The molecular formula is C11H17NO2. The molecule has 3 heteroatoms. The minimum atomic E-state index is -0.0805. The van der Waals surface area contributed by atoms with E-state index >= 15 is 0 Å². The minimum absolute atomic E-state index is 0.0805. The van der Waals surface area contributed by atoms with Gasteiger partial charge in [0.15, 0.2) is 0 Å². The zero-order valence-corrected chi connectivity index (χ0v) is 8.86. The molecule has 0 radical (unpaired) electrons. The summed E-state index contributed by atoms with van der Waals surface area (Å²) in [5, 5.41) is 0. The number of benzene rings is 1. The van der Waals surface area contributed by atoms with E-state index in [9.17, 15) is 0 Å². The zero-order valence-electron chi connectivity index (χ0n) is 8.86. The van der Waals surface area contributed by atoms with E-state index in [0.717, 1.165) is 11.3 Å². The van der Waals surface area contributed by atoms with Crippen LogP contribution in [0.15, 0.2) is 24.3 Å². The summed E-state index contributed by atoms with van der Waals surface area (Å²) < 4.78 is 5.51. The zero-order chi connectivity index (χ0) is 10.6. The quantitative estimate of drug-likeness (QED) is 0.750. The summed E-state index contributed by atoms with van der Waals surface area (Å²) in [5.74, 6) is 5.96. The summed E-state index contributed by atoms with van der Waals surface area (Å²) in [4.78, 5) is 4.72. The van der Waals surface area contributed by atoms with Crippen LogP contribution < -0.4 is 10.6 Å². The van der Waals surface area contributed by atoms with E-state index < -0.39 is 0 Å². The standard InChI is InChI=1S/C11H17NO2/c1-8(2)13-11-6-4-10(5-7-11)9(3)14-12/h4-9H,12H2,1-3H3. The highest BCUT2D eigenvalue weighted by Gasteiger charge is 2.04. The van der Waals surface area contributed by atoms with Crippen LogP contribution in [-0.2, 0) is 4.84 Å². The molecule has 78 valence electrons. The second-order valence-corrected chi connectivity index (χ2v) is 3.51. The van der Waals surface area contributed by atoms with E-state index in [0.29, 0.717) is 0 Å². The molecule has 1 aromatic carbocycles. The lowest BCUT2D eigenvalue weighted by molar-refractivity contribution is 0.0663. The molecule has 2 N–H and O–H groups in total. The van der Waals surface area contributed by atoms with Crippen LogP contribution in [0.3, 0.4) is 0 Å². The molecule has 1 unspecified atom stereocenters. The first-order chi connectivity index (χ1) is 6.63. The molecule has 0 aliphatic carbocycles. The van der Waals surface area contributed by atoms with E-state index in [2.05, 4.69) is 0 Å². The van der Waals surface area contributed by atoms with E-state index in [1.165, 1.54) is 0 Å². The maximum absolute atomic E-state index is 5.51. The third kappa shape index (κ3) is 3.01. The Bertz CT molecular complexity index is 269. The van der Waals surface area contributed by atoms with Crippen LogP contribution in [0.2, 0.25) is 0 Å². The van der Waals surface area contributed by atoms with Crippen molar-refractivity contribution >= 4 is 0 Å². The highest BCUT2D eigenvalue weighted by molar-refractivity contribution is 5.28. The predicted molar refractivity (Wildman–Crippen MR) is 55.9 cm³/mol. The third-order valence-electron chi connectivity index (χ3n) is 1.93. The monoisotopic (exact) mass is 195 g/mol. The Morgan fingerprint density at radius 3 is 2.07 bits per heavy atom. The number of rotatable bonds is 4. The van der Waals surface area contributed by atoms with Crippen LogP contribution in [0.1, 0.15) is 32.4 Å². The molecule has 0 saturated carbocycles. The van der Waals surface area contributed by atoms with Crippen molar-refractivity contribution in [2.24, 2.45) is 5.90 Å². The summed E-state index contributed by atoms with van der Waals surface area (Å²) >= 11 is 0. The van der Waals surface area contributed by atoms with Crippen molar-refractivity contribution in [3.8, 4) is 5.75 Å². The van der Waals surface area contributed by atoms with Crippen LogP contribution in [0, 0.1) is 0 Å². The fourth-order valence-corrected chi connectivity index (χ4v) is 1.17. The Labute approximate surface area is 84.8 Å². The fourth-order valence-electron chi connectivity index (χ4n) is 1.17. The van der Waals surface area contributed by atoms with Crippen molar-refractivity contribution < 1.29 is 9.57 Å². The van der Waals surface area contributed by atoms with E-state index in [1.54, 1.807) is 0 Å². The van der Waals surface area contributed by atoms with Crippen LogP contribution >= 0.6 is 0 Å². The predicted octanol–water partition coefficient (Wildman–Crippen LogP) is 2.43. The maximum Gasteiger partial charge on any atom is 0.119 e. The lowest BCUT2D eigenvalue weighted by Crippen LogP contribution is -2.07. The van der Waals surface area contributed by atoms with Crippen molar-refractivity contribution in [2.75, 3.05) is 0 Å². The van der Waals surface area contributed by atoms with Gasteiger partial charge in [-0.3, -0.25) is 4.84 Å². The van der Waals surface area contributed by atoms with Crippen molar-refractivity contribution in [3.63, 3.8) is 0 Å². The van der Waals surface area contributed by atoms with Crippen molar-refractivity contribution in [1.82, 2.24) is 0 Å². The fraction of sp³-hybridized carbons (Fsp3) is 0.455. The topological polar surface area (TPSA) is 44.5 Å². The summed E-state index contributed by atoms with van der Waals surface area (Å²) in [6, 6.07) is 7.75. The van der Waals surface area contributed by atoms with Gasteiger partial charge in [0.1, 0.15) is 11.9 Å². The number of hydrogen-bond acceptors (Lipinski definition) is 3. The van der Waals surface area contributed by atoms with Crippen molar-refractivity contribution in [1.29, 1.82) is 0 Å². The first-order valence-electron chi connectivity index (χ1n) is 4.75. The first kappa shape index (κ1) is 11.0. The van der Waals surface area contributed by atoms with Crippen molar-refractivity contribution in [2.45, 2.75) is 33.0 Å². The molecule has 1 aromatic rings. The van der Waals surface area contributed by atoms with Gasteiger partial charge in [0.05, 0.1) is 6.10 Å². The second kappa shape index (κ2) is 4.98. The summed E-state index contributed by atoms with van der Waals surface area (Å²) in [6.07, 6.45) is 0.118. The largest absolute Gasteiger partial charge is 0.491 e. The third-order valence-corrected chi connectivity index (χ3v) is 1.93. The average molecular weight is 195 g/mol. The molecule has 1 atom stereocenters. The Morgan fingerprint density at radius 1 is 1.07 bits per heavy atom. The minimum Gasteiger partial charge on any atom is -0.491 e. The molecule has 0 spiro atoms. The number of ether oxygens (including phenoxy) is 1. The highest BCUT2D eigenvalue weighted by atomic mass is 16.6. The highest BCUT2D eigenvalue weighted by Crippen LogP contribution is 2.19. The van der Waals surface area contributed by atoms with Gasteiger partial charge < -0.3 is 4.74 Å². The molecule has 1 rings (SSSR count).